The number of likely N-dealkylation sites (N-methyl/N-ethyl adjacent to an activating group) is 2. The van der Waals surface area contributed by atoms with Crippen LogP contribution in [-0.4, -0.2) is 48.9 Å². The SMILES string of the molecule is CC(C)N(C)C(=O)CN(C)CCC#N. The van der Waals surface area contributed by atoms with Crippen molar-refractivity contribution in [1.82, 2.24) is 9.80 Å². The van der Waals surface area contributed by atoms with Crippen molar-refractivity contribution in [1.29, 1.82) is 5.26 Å². The van der Waals surface area contributed by atoms with Crippen LogP contribution in [0.2, 0.25) is 0 Å². The van der Waals surface area contributed by atoms with Crippen LogP contribution in [0.15, 0.2) is 0 Å². The lowest BCUT2D eigenvalue weighted by atomic mass is 10.3. The van der Waals surface area contributed by atoms with Gasteiger partial charge in [-0.15, -0.1) is 0 Å². The van der Waals surface area contributed by atoms with Gasteiger partial charge in [0.05, 0.1) is 12.6 Å². The lowest BCUT2D eigenvalue weighted by Gasteiger charge is -2.24. The standard InChI is InChI=1S/C10H19N3O/c1-9(2)13(4)10(14)8-12(3)7-5-6-11/h9H,5,7-8H2,1-4H3. The Morgan fingerprint density at radius 3 is 2.43 bits per heavy atom. The van der Waals surface area contributed by atoms with E-state index in [9.17, 15) is 4.79 Å². The lowest BCUT2D eigenvalue weighted by molar-refractivity contribution is -0.132. The molecule has 80 valence electrons. The maximum Gasteiger partial charge on any atom is 0.236 e. The quantitative estimate of drug-likeness (QED) is 0.651. The first-order valence-corrected chi connectivity index (χ1v) is 4.80. The van der Waals surface area contributed by atoms with Crippen LogP contribution in [0.5, 0.6) is 0 Å². The molecule has 0 aliphatic rings. The van der Waals surface area contributed by atoms with Gasteiger partial charge in [0.2, 0.25) is 5.91 Å². The second-order valence-corrected chi connectivity index (χ2v) is 3.74. The first kappa shape index (κ1) is 12.9. The van der Waals surface area contributed by atoms with Gasteiger partial charge in [0.25, 0.3) is 0 Å². The zero-order chi connectivity index (χ0) is 11.1. The predicted octanol–water partition coefficient (Wildman–Crippen LogP) is 0.699. The zero-order valence-electron chi connectivity index (χ0n) is 9.45. The predicted molar refractivity (Wildman–Crippen MR) is 55.6 cm³/mol. The number of carbonyl (C=O) groups excluding carboxylic acids is 1. The maximum atomic E-state index is 11.6. The van der Waals surface area contributed by atoms with E-state index in [1.54, 1.807) is 11.9 Å². The van der Waals surface area contributed by atoms with Crippen LogP contribution in [0.4, 0.5) is 0 Å². The topological polar surface area (TPSA) is 47.3 Å². The summed E-state index contributed by atoms with van der Waals surface area (Å²) in [5.74, 6) is 0.0976. The number of hydrogen-bond donors (Lipinski definition) is 0. The second kappa shape index (κ2) is 6.39. The molecule has 0 N–H and O–H groups in total. The van der Waals surface area contributed by atoms with Crippen LogP contribution < -0.4 is 0 Å². The summed E-state index contributed by atoms with van der Waals surface area (Å²) < 4.78 is 0. The van der Waals surface area contributed by atoms with Gasteiger partial charge < -0.3 is 4.90 Å². The molecule has 0 aliphatic heterocycles. The lowest BCUT2D eigenvalue weighted by Crippen LogP contribution is -2.40. The maximum absolute atomic E-state index is 11.6. The van der Waals surface area contributed by atoms with Crippen molar-refractivity contribution in [3.05, 3.63) is 0 Å². The molecule has 0 rings (SSSR count). The largest absolute Gasteiger partial charge is 0.342 e. The monoisotopic (exact) mass is 197 g/mol. The first-order chi connectivity index (χ1) is 6.49. The van der Waals surface area contributed by atoms with Gasteiger partial charge >= 0.3 is 0 Å². The summed E-state index contributed by atoms with van der Waals surface area (Å²) in [6.45, 7) is 4.99. The molecule has 4 nitrogen and oxygen atoms in total. The molecule has 0 aliphatic carbocycles. The smallest absolute Gasteiger partial charge is 0.236 e. The molecule has 0 saturated carbocycles. The molecule has 0 aromatic rings. The summed E-state index contributed by atoms with van der Waals surface area (Å²) in [7, 11) is 3.65. The molecule has 0 unspecified atom stereocenters. The van der Waals surface area contributed by atoms with Crippen molar-refractivity contribution < 1.29 is 4.79 Å². The van der Waals surface area contributed by atoms with Crippen molar-refractivity contribution in [2.75, 3.05) is 27.2 Å². The fourth-order valence-corrected chi connectivity index (χ4v) is 0.950. The van der Waals surface area contributed by atoms with E-state index in [1.165, 1.54) is 0 Å². The average molecular weight is 197 g/mol. The highest BCUT2D eigenvalue weighted by Gasteiger charge is 2.13. The van der Waals surface area contributed by atoms with E-state index in [2.05, 4.69) is 6.07 Å². The Morgan fingerprint density at radius 1 is 1.43 bits per heavy atom. The van der Waals surface area contributed by atoms with Crippen LogP contribution in [0.25, 0.3) is 0 Å². The van der Waals surface area contributed by atoms with Gasteiger partial charge in [-0.1, -0.05) is 0 Å². The van der Waals surface area contributed by atoms with E-state index in [1.807, 2.05) is 25.8 Å². The molecule has 0 aromatic carbocycles. The van der Waals surface area contributed by atoms with Crippen LogP contribution >= 0.6 is 0 Å². The molecule has 0 heterocycles. The van der Waals surface area contributed by atoms with Gasteiger partial charge in [-0.05, 0) is 20.9 Å². The Labute approximate surface area is 86.1 Å². The van der Waals surface area contributed by atoms with Gasteiger partial charge in [0.15, 0.2) is 0 Å². The molecule has 0 aromatic heterocycles. The highest BCUT2D eigenvalue weighted by Crippen LogP contribution is 1.96. The third-order valence-corrected chi connectivity index (χ3v) is 2.18. The number of carbonyl (C=O) groups is 1. The van der Waals surface area contributed by atoms with Gasteiger partial charge in [-0.2, -0.15) is 5.26 Å². The van der Waals surface area contributed by atoms with Gasteiger partial charge in [0, 0.05) is 26.1 Å². The number of hydrogen-bond acceptors (Lipinski definition) is 3. The van der Waals surface area contributed by atoms with Crippen molar-refractivity contribution in [2.45, 2.75) is 26.3 Å². The fraction of sp³-hybridized carbons (Fsp3) is 0.800. The molecule has 0 spiro atoms. The Morgan fingerprint density at radius 2 is 2.00 bits per heavy atom. The molecule has 1 amide bonds. The van der Waals surface area contributed by atoms with Gasteiger partial charge in [-0.25, -0.2) is 0 Å². The van der Waals surface area contributed by atoms with E-state index < -0.39 is 0 Å². The Hall–Kier alpha value is -1.08. The van der Waals surface area contributed by atoms with Crippen molar-refractivity contribution in [3.8, 4) is 6.07 Å². The normalized spacial score (nSPS) is 10.4. The Bertz CT molecular complexity index is 220. The fourth-order valence-electron chi connectivity index (χ4n) is 0.950. The molecular weight excluding hydrogens is 178 g/mol. The van der Waals surface area contributed by atoms with Crippen molar-refractivity contribution in [2.24, 2.45) is 0 Å². The van der Waals surface area contributed by atoms with E-state index in [4.69, 9.17) is 5.26 Å². The summed E-state index contributed by atoms with van der Waals surface area (Å²) in [6.07, 6.45) is 0.467. The van der Waals surface area contributed by atoms with Crippen LogP contribution in [0.3, 0.4) is 0 Å². The third-order valence-electron chi connectivity index (χ3n) is 2.18. The number of nitriles is 1. The van der Waals surface area contributed by atoms with Gasteiger partial charge in [0.1, 0.15) is 0 Å². The number of nitrogens with zero attached hydrogens (tertiary/aromatic N) is 3. The summed E-state index contributed by atoms with van der Waals surface area (Å²) >= 11 is 0. The minimum atomic E-state index is 0.0976. The van der Waals surface area contributed by atoms with E-state index in [0.717, 1.165) is 0 Å². The number of rotatable bonds is 5. The molecule has 0 atom stereocenters. The molecule has 0 saturated heterocycles. The molecule has 14 heavy (non-hydrogen) atoms. The summed E-state index contributed by atoms with van der Waals surface area (Å²) in [4.78, 5) is 15.1. The third kappa shape index (κ3) is 4.83. The van der Waals surface area contributed by atoms with Crippen LogP contribution in [0.1, 0.15) is 20.3 Å². The molecule has 4 heteroatoms. The summed E-state index contributed by atoms with van der Waals surface area (Å²) in [5, 5.41) is 8.37. The zero-order valence-corrected chi connectivity index (χ0v) is 9.45. The minimum absolute atomic E-state index is 0.0976. The molecular formula is C10H19N3O. The Kier molecular flexibility index (Phi) is 5.89. The average Bonchev–Trinajstić information content (AvgIpc) is 2.13. The van der Waals surface area contributed by atoms with Crippen LogP contribution in [-0.2, 0) is 4.79 Å². The Balaban J connectivity index is 3.88. The molecule has 0 radical (unpaired) electrons. The molecule has 0 bridgehead atoms. The summed E-state index contributed by atoms with van der Waals surface area (Å²) in [6, 6.07) is 2.29. The van der Waals surface area contributed by atoms with Crippen molar-refractivity contribution >= 4 is 5.91 Å². The minimum Gasteiger partial charge on any atom is -0.342 e. The second-order valence-electron chi connectivity index (χ2n) is 3.74. The summed E-state index contributed by atoms with van der Waals surface area (Å²) in [5.41, 5.74) is 0. The van der Waals surface area contributed by atoms with E-state index in [-0.39, 0.29) is 11.9 Å². The molecule has 0 fully saturated rings. The first-order valence-electron chi connectivity index (χ1n) is 4.80. The van der Waals surface area contributed by atoms with E-state index in [0.29, 0.717) is 19.5 Å². The van der Waals surface area contributed by atoms with E-state index >= 15 is 0 Å². The highest BCUT2D eigenvalue weighted by atomic mass is 16.2. The highest BCUT2D eigenvalue weighted by molar-refractivity contribution is 5.78. The van der Waals surface area contributed by atoms with Crippen molar-refractivity contribution in [3.63, 3.8) is 0 Å². The van der Waals surface area contributed by atoms with Gasteiger partial charge in [-0.3, -0.25) is 9.69 Å². The van der Waals surface area contributed by atoms with Crippen LogP contribution in [0, 0.1) is 11.3 Å². The number of amides is 1.